The summed E-state index contributed by atoms with van der Waals surface area (Å²) in [6.45, 7) is 4.17. The van der Waals surface area contributed by atoms with Crippen molar-refractivity contribution in [1.82, 2.24) is 5.32 Å². The third kappa shape index (κ3) is 3.10. The van der Waals surface area contributed by atoms with Gasteiger partial charge in [-0.15, -0.1) is 0 Å². The minimum absolute atomic E-state index is 0.533. The Bertz CT molecular complexity index is 359. The van der Waals surface area contributed by atoms with Gasteiger partial charge in [-0.25, -0.2) is 0 Å². The smallest absolute Gasteiger partial charge is 0.0451 e. The molecule has 0 heterocycles. The normalized spacial score (nSPS) is 17.8. The highest BCUT2D eigenvalue weighted by atomic mass is 35.5. The zero-order valence-corrected chi connectivity index (χ0v) is 10.3. The lowest BCUT2D eigenvalue weighted by Gasteiger charge is -2.11. The summed E-state index contributed by atoms with van der Waals surface area (Å²) in [6, 6.07) is 5.58. The van der Waals surface area contributed by atoms with Crippen LogP contribution in [0.3, 0.4) is 0 Å². The van der Waals surface area contributed by atoms with Gasteiger partial charge in [0.1, 0.15) is 0 Å². The first-order valence-electron chi connectivity index (χ1n) is 5.24. The van der Waals surface area contributed by atoms with Crippen LogP contribution in [-0.2, 0) is 6.54 Å². The summed E-state index contributed by atoms with van der Waals surface area (Å²) in [6.07, 6.45) is 2.67. The maximum absolute atomic E-state index is 6.06. The molecule has 1 N–H and O–H groups in total. The average molecular weight is 244 g/mol. The summed E-state index contributed by atoms with van der Waals surface area (Å²) in [7, 11) is 0. The number of benzene rings is 1. The molecule has 1 aromatic carbocycles. The standard InChI is InChI=1S/C12H15Cl2N/c1-12(4-5-12)8-15-7-9-6-10(13)2-3-11(9)14/h2-3,6,15H,4-5,7-8H2,1H3. The van der Waals surface area contributed by atoms with E-state index in [4.69, 9.17) is 23.2 Å². The highest BCUT2D eigenvalue weighted by Gasteiger charge is 2.36. The van der Waals surface area contributed by atoms with Gasteiger partial charge in [0.15, 0.2) is 0 Å². The van der Waals surface area contributed by atoms with E-state index in [9.17, 15) is 0 Å². The molecule has 0 aliphatic heterocycles. The second-order valence-electron chi connectivity index (χ2n) is 4.65. The van der Waals surface area contributed by atoms with Crippen LogP contribution in [0.1, 0.15) is 25.3 Å². The Kier molecular flexibility index (Phi) is 3.24. The fraction of sp³-hybridized carbons (Fsp3) is 0.500. The fourth-order valence-electron chi connectivity index (χ4n) is 1.57. The van der Waals surface area contributed by atoms with Crippen molar-refractivity contribution in [2.24, 2.45) is 5.41 Å². The molecule has 0 unspecified atom stereocenters. The summed E-state index contributed by atoms with van der Waals surface area (Å²) in [5.74, 6) is 0. The molecule has 0 bridgehead atoms. The van der Waals surface area contributed by atoms with E-state index in [0.29, 0.717) is 5.41 Å². The van der Waals surface area contributed by atoms with Gasteiger partial charge in [-0.1, -0.05) is 30.1 Å². The zero-order valence-electron chi connectivity index (χ0n) is 8.82. The van der Waals surface area contributed by atoms with E-state index < -0.39 is 0 Å². The molecular weight excluding hydrogens is 229 g/mol. The van der Waals surface area contributed by atoms with Gasteiger partial charge >= 0.3 is 0 Å². The Morgan fingerprint density at radius 2 is 2.07 bits per heavy atom. The van der Waals surface area contributed by atoms with E-state index >= 15 is 0 Å². The average Bonchev–Trinajstić information content (AvgIpc) is 2.90. The van der Waals surface area contributed by atoms with Crippen molar-refractivity contribution in [1.29, 1.82) is 0 Å². The number of nitrogens with one attached hydrogen (secondary N) is 1. The lowest BCUT2D eigenvalue weighted by molar-refractivity contribution is 0.499. The van der Waals surface area contributed by atoms with Crippen molar-refractivity contribution < 1.29 is 0 Å². The number of halogens is 2. The molecule has 0 aromatic heterocycles. The summed E-state index contributed by atoms with van der Waals surface area (Å²) in [5.41, 5.74) is 1.61. The maximum atomic E-state index is 6.06. The molecule has 0 saturated heterocycles. The van der Waals surface area contributed by atoms with Crippen LogP contribution in [0, 0.1) is 5.41 Å². The first kappa shape index (κ1) is 11.3. The lowest BCUT2D eigenvalue weighted by Crippen LogP contribution is -2.21. The lowest BCUT2D eigenvalue weighted by atomic mass is 10.1. The van der Waals surface area contributed by atoms with Crippen molar-refractivity contribution in [2.75, 3.05) is 6.54 Å². The highest BCUT2D eigenvalue weighted by molar-refractivity contribution is 6.33. The third-order valence-electron chi connectivity index (χ3n) is 2.98. The molecule has 15 heavy (non-hydrogen) atoms. The Hall–Kier alpha value is -0.240. The highest BCUT2D eigenvalue weighted by Crippen LogP contribution is 2.44. The molecule has 3 heteroatoms. The van der Waals surface area contributed by atoms with Crippen LogP contribution in [0.15, 0.2) is 18.2 Å². The molecule has 1 aliphatic rings. The number of rotatable bonds is 4. The maximum Gasteiger partial charge on any atom is 0.0451 e. The summed E-state index contributed by atoms with van der Waals surface area (Å²) >= 11 is 12.0. The molecular formula is C12H15Cl2N. The molecule has 2 rings (SSSR count). The van der Waals surface area contributed by atoms with Gasteiger partial charge in [0.2, 0.25) is 0 Å². The van der Waals surface area contributed by atoms with Gasteiger partial charge in [0.25, 0.3) is 0 Å². The predicted octanol–water partition coefficient (Wildman–Crippen LogP) is 3.88. The van der Waals surface area contributed by atoms with E-state index in [1.54, 1.807) is 0 Å². The van der Waals surface area contributed by atoms with Crippen molar-refractivity contribution >= 4 is 23.2 Å². The van der Waals surface area contributed by atoms with E-state index in [2.05, 4.69) is 12.2 Å². The van der Waals surface area contributed by atoms with Gasteiger partial charge in [-0.2, -0.15) is 0 Å². The van der Waals surface area contributed by atoms with Crippen LogP contribution in [0.2, 0.25) is 10.0 Å². The zero-order chi connectivity index (χ0) is 10.9. The quantitative estimate of drug-likeness (QED) is 0.847. The molecule has 1 aromatic rings. The summed E-state index contributed by atoms with van der Waals surface area (Å²) < 4.78 is 0. The van der Waals surface area contributed by atoms with Crippen molar-refractivity contribution in [3.8, 4) is 0 Å². The Labute approximate surface area is 101 Å². The SMILES string of the molecule is CC1(CNCc2cc(Cl)ccc2Cl)CC1. The van der Waals surface area contributed by atoms with Gasteiger partial charge in [0.05, 0.1) is 0 Å². The second-order valence-corrected chi connectivity index (χ2v) is 5.49. The van der Waals surface area contributed by atoms with Crippen LogP contribution in [0.4, 0.5) is 0 Å². The monoisotopic (exact) mass is 243 g/mol. The van der Waals surface area contributed by atoms with E-state index in [0.717, 1.165) is 28.7 Å². The van der Waals surface area contributed by atoms with Gasteiger partial charge in [-0.3, -0.25) is 0 Å². The summed E-state index contributed by atoms with van der Waals surface area (Å²) in [5, 5.41) is 4.96. The molecule has 1 nitrogen and oxygen atoms in total. The minimum atomic E-state index is 0.533. The van der Waals surface area contributed by atoms with Gasteiger partial charge in [-0.05, 0) is 42.0 Å². The molecule has 0 amide bonds. The third-order valence-corrected chi connectivity index (χ3v) is 3.58. The molecule has 0 atom stereocenters. The minimum Gasteiger partial charge on any atom is -0.312 e. The predicted molar refractivity (Wildman–Crippen MR) is 65.5 cm³/mol. The largest absolute Gasteiger partial charge is 0.312 e. The van der Waals surface area contributed by atoms with Gasteiger partial charge in [0, 0.05) is 23.1 Å². The van der Waals surface area contributed by atoms with Crippen LogP contribution in [0.25, 0.3) is 0 Å². The van der Waals surface area contributed by atoms with Crippen LogP contribution in [0.5, 0.6) is 0 Å². The first-order valence-corrected chi connectivity index (χ1v) is 5.99. The molecule has 1 aliphatic carbocycles. The van der Waals surface area contributed by atoms with Gasteiger partial charge < -0.3 is 5.32 Å². The first-order chi connectivity index (χ1) is 7.09. The van der Waals surface area contributed by atoms with E-state index in [-0.39, 0.29) is 0 Å². The van der Waals surface area contributed by atoms with Crippen molar-refractivity contribution in [2.45, 2.75) is 26.3 Å². The van der Waals surface area contributed by atoms with Crippen molar-refractivity contribution in [3.63, 3.8) is 0 Å². The Balaban J connectivity index is 1.89. The van der Waals surface area contributed by atoms with Crippen LogP contribution < -0.4 is 5.32 Å². The molecule has 82 valence electrons. The molecule has 1 saturated carbocycles. The van der Waals surface area contributed by atoms with Crippen LogP contribution in [-0.4, -0.2) is 6.54 Å². The second kappa shape index (κ2) is 4.32. The van der Waals surface area contributed by atoms with E-state index in [1.807, 2.05) is 18.2 Å². The Morgan fingerprint density at radius 1 is 1.33 bits per heavy atom. The molecule has 0 radical (unpaired) electrons. The molecule has 1 fully saturated rings. The fourth-order valence-corrected chi connectivity index (χ4v) is 1.95. The summed E-state index contributed by atoms with van der Waals surface area (Å²) in [4.78, 5) is 0. The topological polar surface area (TPSA) is 12.0 Å². The van der Waals surface area contributed by atoms with Crippen LogP contribution >= 0.6 is 23.2 Å². The molecule has 0 spiro atoms. The number of hydrogen-bond acceptors (Lipinski definition) is 1. The number of hydrogen-bond donors (Lipinski definition) is 1. The Morgan fingerprint density at radius 3 is 2.73 bits per heavy atom. The van der Waals surface area contributed by atoms with Crippen molar-refractivity contribution in [3.05, 3.63) is 33.8 Å². The van der Waals surface area contributed by atoms with E-state index in [1.165, 1.54) is 12.8 Å².